The molecular formula is C28H31N3O3. The minimum absolute atomic E-state index is 0.480. The highest BCUT2D eigenvalue weighted by Crippen LogP contribution is 2.23. The largest absolute Gasteiger partial charge is 0.491 e. The van der Waals surface area contributed by atoms with Crippen molar-refractivity contribution in [2.45, 2.75) is 6.54 Å². The van der Waals surface area contributed by atoms with E-state index in [2.05, 4.69) is 51.6 Å². The Morgan fingerprint density at radius 2 is 1.74 bits per heavy atom. The van der Waals surface area contributed by atoms with E-state index in [0.717, 1.165) is 35.6 Å². The number of ether oxygens (including phenoxy) is 2. The molecule has 4 aromatic rings. The van der Waals surface area contributed by atoms with Crippen molar-refractivity contribution in [3.63, 3.8) is 0 Å². The van der Waals surface area contributed by atoms with Crippen molar-refractivity contribution in [3.05, 3.63) is 89.8 Å². The normalized spacial score (nSPS) is 11.4. The van der Waals surface area contributed by atoms with E-state index in [9.17, 15) is 0 Å². The van der Waals surface area contributed by atoms with Gasteiger partial charge in [0.1, 0.15) is 17.9 Å². The lowest BCUT2D eigenvalue weighted by atomic mass is 10.2. The molecule has 4 rings (SSSR count). The van der Waals surface area contributed by atoms with Crippen LogP contribution < -0.4 is 15.0 Å². The lowest BCUT2D eigenvalue weighted by Gasteiger charge is -2.11. The van der Waals surface area contributed by atoms with Gasteiger partial charge in [0, 0.05) is 45.0 Å². The van der Waals surface area contributed by atoms with Gasteiger partial charge in [0.15, 0.2) is 5.58 Å². The van der Waals surface area contributed by atoms with Crippen molar-refractivity contribution in [2.24, 2.45) is 0 Å². The van der Waals surface area contributed by atoms with Crippen LogP contribution in [0.3, 0.4) is 0 Å². The molecule has 0 atom stereocenters. The molecule has 1 heterocycles. The van der Waals surface area contributed by atoms with E-state index in [4.69, 9.17) is 13.9 Å². The number of oxazole rings is 1. The van der Waals surface area contributed by atoms with E-state index >= 15 is 0 Å². The van der Waals surface area contributed by atoms with Crippen LogP contribution in [0.25, 0.3) is 23.3 Å². The summed E-state index contributed by atoms with van der Waals surface area (Å²) in [5, 5.41) is 3.37. The minimum atomic E-state index is 0.480. The molecule has 0 saturated carbocycles. The number of nitrogens with zero attached hydrogens (tertiary/aromatic N) is 2. The molecule has 6 nitrogen and oxygen atoms in total. The summed E-state index contributed by atoms with van der Waals surface area (Å²) in [5.74, 6) is 1.31. The van der Waals surface area contributed by atoms with E-state index < -0.39 is 0 Å². The lowest BCUT2D eigenvalue weighted by molar-refractivity contribution is 0.102. The molecule has 0 unspecified atom stereocenters. The van der Waals surface area contributed by atoms with Gasteiger partial charge in [0.2, 0.25) is 5.89 Å². The van der Waals surface area contributed by atoms with Crippen LogP contribution in [-0.4, -0.2) is 45.4 Å². The zero-order chi connectivity index (χ0) is 23.6. The highest BCUT2D eigenvalue weighted by atomic mass is 16.5. The molecule has 0 spiro atoms. The molecule has 3 aromatic carbocycles. The highest BCUT2D eigenvalue weighted by molar-refractivity contribution is 5.77. The number of benzene rings is 3. The van der Waals surface area contributed by atoms with Crippen molar-refractivity contribution in [2.75, 3.05) is 45.4 Å². The zero-order valence-electron chi connectivity index (χ0n) is 19.7. The summed E-state index contributed by atoms with van der Waals surface area (Å²) < 4.78 is 17.3. The first kappa shape index (κ1) is 23.5. The van der Waals surface area contributed by atoms with Gasteiger partial charge in [-0.25, -0.2) is 4.98 Å². The van der Waals surface area contributed by atoms with Crippen LogP contribution in [0.5, 0.6) is 5.75 Å². The van der Waals surface area contributed by atoms with Crippen LogP contribution in [0, 0.1) is 0 Å². The quantitative estimate of drug-likeness (QED) is 0.293. The first-order valence-corrected chi connectivity index (χ1v) is 11.5. The van der Waals surface area contributed by atoms with Crippen LogP contribution in [-0.2, 0) is 11.3 Å². The standard InChI is InChI=1S/C28H31N3O3/c1-31(2)24-11-8-22(9-12-24)10-15-28-30-26-14-13-25(20-27(26)34-28)33-19-18-32-17-16-29-21-23-6-4-3-5-7-23/h3-15,20,29H,16-19,21H2,1-2H3/b15-10+. The van der Waals surface area contributed by atoms with Gasteiger partial charge >= 0.3 is 0 Å². The number of anilines is 1. The average Bonchev–Trinajstić information content (AvgIpc) is 3.27. The Kier molecular flexibility index (Phi) is 8.32. The first-order chi connectivity index (χ1) is 16.7. The summed E-state index contributed by atoms with van der Waals surface area (Å²) in [6.07, 6.45) is 3.87. The fourth-order valence-electron chi connectivity index (χ4n) is 3.43. The predicted molar refractivity (Wildman–Crippen MR) is 138 cm³/mol. The van der Waals surface area contributed by atoms with Crippen molar-refractivity contribution in [1.29, 1.82) is 0 Å². The summed E-state index contributed by atoms with van der Waals surface area (Å²) in [6, 6.07) is 24.3. The summed E-state index contributed by atoms with van der Waals surface area (Å²) in [4.78, 5) is 6.60. The number of rotatable bonds is 12. The molecule has 0 aliphatic rings. The number of hydrogen-bond donors (Lipinski definition) is 1. The first-order valence-electron chi connectivity index (χ1n) is 11.5. The Bertz CT molecular complexity index is 1180. The van der Waals surface area contributed by atoms with Gasteiger partial charge in [-0.05, 0) is 41.5 Å². The Morgan fingerprint density at radius 1 is 0.912 bits per heavy atom. The maximum absolute atomic E-state index is 5.87. The molecular weight excluding hydrogens is 426 g/mol. The third kappa shape index (κ3) is 6.94. The van der Waals surface area contributed by atoms with E-state index in [1.165, 1.54) is 5.56 Å². The topological polar surface area (TPSA) is 59.8 Å². The monoisotopic (exact) mass is 457 g/mol. The van der Waals surface area contributed by atoms with Crippen molar-refractivity contribution >= 4 is 28.9 Å². The van der Waals surface area contributed by atoms with Gasteiger partial charge in [-0.3, -0.25) is 0 Å². The van der Waals surface area contributed by atoms with Gasteiger partial charge < -0.3 is 24.1 Å². The fourth-order valence-corrected chi connectivity index (χ4v) is 3.43. The van der Waals surface area contributed by atoms with Gasteiger partial charge in [0.25, 0.3) is 0 Å². The van der Waals surface area contributed by atoms with Gasteiger partial charge in [-0.2, -0.15) is 0 Å². The summed E-state index contributed by atoms with van der Waals surface area (Å²) in [7, 11) is 4.06. The second-order valence-corrected chi connectivity index (χ2v) is 8.12. The average molecular weight is 458 g/mol. The van der Waals surface area contributed by atoms with Gasteiger partial charge in [-0.1, -0.05) is 42.5 Å². The highest BCUT2D eigenvalue weighted by Gasteiger charge is 2.05. The van der Waals surface area contributed by atoms with Crippen LogP contribution in [0.2, 0.25) is 0 Å². The Morgan fingerprint density at radius 3 is 2.53 bits per heavy atom. The zero-order valence-corrected chi connectivity index (χ0v) is 19.7. The third-order valence-electron chi connectivity index (χ3n) is 5.30. The Hall–Kier alpha value is -3.61. The molecule has 176 valence electrons. The van der Waals surface area contributed by atoms with Crippen molar-refractivity contribution in [1.82, 2.24) is 10.3 Å². The van der Waals surface area contributed by atoms with Crippen LogP contribution in [0.15, 0.2) is 77.2 Å². The molecule has 0 bridgehead atoms. The van der Waals surface area contributed by atoms with E-state index in [0.29, 0.717) is 31.3 Å². The number of aromatic nitrogens is 1. The molecule has 0 radical (unpaired) electrons. The molecule has 0 aliphatic carbocycles. The summed E-state index contributed by atoms with van der Waals surface area (Å²) >= 11 is 0. The molecule has 6 heteroatoms. The van der Waals surface area contributed by atoms with E-state index in [1.807, 2.05) is 62.6 Å². The number of fused-ring (bicyclic) bond motifs is 1. The minimum Gasteiger partial charge on any atom is -0.491 e. The van der Waals surface area contributed by atoms with Crippen molar-refractivity contribution < 1.29 is 13.9 Å². The molecule has 34 heavy (non-hydrogen) atoms. The number of hydrogen-bond acceptors (Lipinski definition) is 6. The summed E-state index contributed by atoms with van der Waals surface area (Å²) in [6.45, 7) is 3.30. The number of nitrogens with one attached hydrogen (secondary N) is 1. The fraction of sp³-hybridized carbons (Fsp3) is 0.250. The van der Waals surface area contributed by atoms with Crippen LogP contribution in [0.1, 0.15) is 17.0 Å². The second-order valence-electron chi connectivity index (χ2n) is 8.12. The molecule has 1 N–H and O–H groups in total. The molecule has 0 amide bonds. The maximum Gasteiger partial charge on any atom is 0.220 e. The molecule has 0 aliphatic heterocycles. The Labute approximate surface area is 200 Å². The van der Waals surface area contributed by atoms with E-state index in [1.54, 1.807) is 0 Å². The van der Waals surface area contributed by atoms with Gasteiger partial charge in [0.05, 0.1) is 13.2 Å². The third-order valence-corrected chi connectivity index (χ3v) is 5.30. The smallest absolute Gasteiger partial charge is 0.220 e. The van der Waals surface area contributed by atoms with E-state index in [-0.39, 0.29) is 0 Å². The van der Waals surface area contributed by atoms with Crippen LogP contribution >= 0.6 is 0 Å². The molecule has 0 saturated heterocycles. The Balaban J connectivity index is 1.19. The SMILES string of the molecule is CN(C)c1ccc(/C=C/c2nc3ccc(OCCOCCNCc4ccccc4)cc3o2)cc1. The molecule has 1 aromatic heterocycles. The lowest BCUT2D eigenvalue weighted by Crippen LogP contribution is -2.20. The van der Waals surface area contributed by atoms with Crippen molar-refractivity contribution in [3.8, 4) is 5.75 Å². The van der Waals surface area contributed by atoms with Gasteiger partial charge in [-0.15, -0.1) is 0 Å². The van der Waals surface area contributed by atoms with Crippen LogP contribution in [0.4, 0.5) is 5.69 Å². The predicted octanol–water partition coefficient (Wildman–Crippen LogP) is 5.25. The second kappa shape index (κ2) is 12.0. The summed E-state index contributed by atoms with van der Waals surface area (Å²) in [5.41, 5.74) is 5.02. The maximum atomic E-state index is 5.87. The molecule has 0 fully saturated rings.